The molecule has 30 heavy (non-hydrogen) atoms. The highest BCUT2D eigenvalue weighted by atomic mass is 16.5. The molecule has 0 N–H and O–H groups in total. The van der Waals surface area contributed by atoms with Crippen LogP contribution in [-0.4, -0.2) is 32.7 Å². The topological polar surface area (TPSA) is 83.2 Å². The number of benzene rings is 1. The molecule has 158 valence electrons. The van der Waals surface area contributed by atoms with Crippen LogP contribution >= 0.6 is 0 Å². The molecule has 0 fully saturated rings. The Morgan fingerprint density at radius 1 is 1.13 bits per heavy atom. The number of esters is 1. The van der Waals surface area contributed by atoms with E-state index in [9.17, 15) is 14.4 Å². The molecular formula is C23H27N3O4. The molecule has 2 aromatic heterocycles. The summed E-state index contributed by atoms with van der Waals surface area (Å²) in [6.07, 6.45) is 1.02. The van der Waals surface area contributed by atoms with Crippen molar-refractivity contribution >= 4 is 22.5 Å². The Bertz CT molecular complexity index is 1170. The minimum absolute atomic E-state index is 0.0166. The molecule has 0 bridgehead atoms. The standard InChI is InChI=1S/C23H27N3O4/c1-14(2)10-11-26-15(3)12-19(16(26)4)20(27)13-30-23(29)21-17-8-6-7-9-18(17)22(28)25(5)24-21/h6-9,12,14H,10-11,13H2,1-5H3. The number of carbonyl (C=O) groups excluding carboxylic acids is 2. The molecule has 0 atom stereocenters. The Labute approximate surface area is 175 Å². The van der Waals surface area contributed by atoms with E-state index in [4.69, 9.17) is 4.74 Å². The van der Waals surface area contributed by atoms with E-state index < -0.39 is 5.97 Å². The lowest BCUT2D eigenvalue weighted by molar-refractivity contribution is 0.0468. The number of nitrogens with zero attached hydrogens (tertiary/aromatic N) is 3. The van der Waals surface area contributed by atoms with Gasteiger partial charge in [-0.2, -0.15) is 5.10 Å². The summed E-state index contributed by atoms with van der Waals surface area (Å²) in [7, 11) is 1.47. The molecule has 0 amide bonds. The van der Waals surface area contributed by atoms with Gasteiger partial charge in [-0.25, -0.2) is 9.48 Å². The summed E-state index contributed by atoms with van der Waals surface area (Å²) in [4.78, 5) is 37.6. The highest BCUT2D eigenvalue weighted by molar-refractivity contribution is 6.04. The van der Waals surface area contributed by atoms with Gasteiger partial charge in [-0.05, 0) is 38.3 Å². The first kappa shape index (κ1) is 21.5. The van der Waals surface area contributed by atoms with E-state index in [1.54, 1.807) is 24.3 Å². The van der Waals surface area contributed by atoms with Crippen LogP contribution in [0.25, 0.3) is 10.8 Å². The number of aryl methyl sites for hydroxylation is 2. The monoisotopic (exact) mass is 409 g/mol. The van der Waals surface area contributed by atoms with Gasteiger partial charge >= 0.3 is 5.97 Å². The quantitative estimate of drug-likeness (QED) is 0.441. The second-order valence-electron chi connectivity index (χ2n) is 7.94. The van der Waals surface area contributed by atoms with Crippen molar-refractivity contribution in [2.75, 3.05) is 6.61 Å². The van der Waals surface area contributed by atoms with E-state index in [0.717, 1.165) is 29.0 Å². The second kappa shape index (κ2) is 8.65. The van der Waals surface area contributed by atoms with E-state index in [0.29, 0.717) is 22.3 Å². The van der Waals surface area contributed by atoms with Gasteiger partial charge < -0.3 is 9.30 Å². The van der Waals surface area contributed by atoms with Crippen molar-refractivity contribution in [3.63, 3.8) is 0 Å². The van der Waals surface area contributed by atoms with Gasteiger partial charge in [0.25, 0.3) is 5.56 Å². The Balaban J connectivity index is 1.78. The van der Waals surface area contributed by atoms with Gasteiger partial charge in [0.1, 0.15) is 0 Å². The van der Waals surface area contributed by atoms with Crippen molar-refractivity contribution in [3.05, 3.63) is 63.3 Å². The summed E-state index contributed by atoms with van der Waals surface area (Å²) in [6, 6.07) is 8.55. The number of ether oxygens (including phenoxy) is 1. The number of hydrogen-bond donors (Lipinski definition) is 0. The number of aromatic nitrogens is 3. The Hall–Kier alpha value is -3.22. The summed E-state index contributed by atoms with van der Waals surface area (Å²) in [5.41, 5.74) is 2.16. The molecule has 0 saturated carbocycles. The van der Waals surface area contributed by atoms with Crippen molar-refractivity contribution in [3.8, 4) is 0 Å². The lowest BCUT2D eigenvalue weighted by Gasteiger charge is -2.11. The first-order valence-electron chi connectivity index (χ1n) is 10.0. The van der Waals surface area contributed by atoms with Crippen LogP contribution in [0.1, 0.15) is 52.5 Å². The zero-order chi connectivity index (χ0) is 22.0. The van der Waals surface area contributed by atoms with E-state index in [1.165, 1.54) is 7.05 Å². The number of carbonyl (C=O) groups is 2. The van der Waals surface area contributed by atoms with Crippen molar-refractivity contribution in [2.45, 2.75) is 40.7 Å². The van der Waals surface area contributed by atoms with Crippen molar-refractivity contribution in [2.24, 2.45) is 13.0 Å². The third-order valence-corrected chi connectivity index (χ3v) is 5.29. The Kier molecular flexibility index (Phi) is 6.20. The molecule has 3 aromatic rings. The molecule has 0 aliphatic heterocycles. The predicted molar refractivity (Wildman–Crippen MR) is 115 cm³/mol. The minimum atomic E-state index is -0.733. The van der Waals surface area contributed by atoms with Crippen LogP contribution in [0.3, 0.4) is 0 Å². The van der Waals surface area contributed by atoms with Crippen LogP contribution in [0.2, 0.25) is 0 Å². The minimum Gasteiger partial charge on any atom is -0.452 e. The smallest absolute Gasteiger partial charge is 0.359 e. The summed E-state index contributed by atoms with van der Waals surface area (Å²) in [6.45, 7) is 8.66. The first-order chi connectivity index (χ1) is 14.2. The highest BCUT2D eigenvalue weighted by Gasteiger charge is 2.21. The summed E-state index contributed by atoms with van der Waals surface area (Å²) in [5.74, 6) is -0.430. The number of fused-ring (bicyclic) bond motifs is 1. The van der Waals surface area contributed by atoms with Gasteiger partial charge in [0.2, 0.25) is 5.78 Å². The fraction of sp³-hybridized carbons (Fsp3) is 0.391. The maximum atomic E-state index is 12.7. The zero-order valence-electron chi connectivity index (χ0n) is 18.1. The fourth-order valence-corrected chi connectivity index (χ4v) is 3.54. The van der Waals surface area contributed by atoms with E-state index in [2.05, 4.69) is 23.5 Å². The van der Waals surface area contributed by atoms with Gasteiger partial charge in [0.15, 0.2) is 12.3 Å². The third-order valence-electron chi connectivity index (χ3n) is 5.29. The zero-order valence-corrected chi connectivity index (χ0v) is 18.1. The van der Waals surface area contributed by atoms with Crippen molar-refractivity contribution in [1.29, 1.82) is 0 Å². The van der Waals surface area contributed by atoms with Gasteiger partial charge in [-0.1, -0.05) is 32.0 Å². The van der Waals surface area contributed by atoms with Gasteiger partial charge in [0.05, 0.1) is 5.39 Å². The van der Waals surface area contributed by atoms with Crippen LogP contribution < -0.4 is 5.56 Å². The lowest BCUT2D eigenvalue weighted by Crippen LogP contribution is -2.24. The van der Waals surface area contributed by atoms with E-state index in [1.807, 2.05) is 19.9 Å². The molecule has 0 radical (unpaired) electrons. The molecule has 0 saturated heterocycles. The number of Topliss-reactive ketones (excluding diaryl/α,β-unsaturated/α-hetero) is 1. The molecule has 0 aliphatic carbocycles. The number of ketones is 1. The van der Waals surface area contributed by atoms with Crippen LogP contribution in [0.15, 0.2) is 35.1 Å². The van der Waals surface area contributed by atoms with Crippen molar-refractivity contribution in [1.82, 2.24) is 14.3 Å². The average Bonchev–Trinajstić information content (AvgIpc) is 3.00. The summed E-state index contributed by atoms with van der Waals surface area (Å²) < 4.78 is 8.50. The van der Waals surface area contributed by atoms with Gasteiger partial charge in [0, 0.05) is 35.9 Å². The predicted octanol–water partition coefficient (Wildman–Crippen LogP) is 3.44. The molecule has 7 heteroatoms. The molecule has 3 rings (SSSR count). The molecule has 0 spiro atoms. The SMILES string of the molecule is Cc1cc(C(=O)COC(=O)c2nn(C)c(=O)c3ccccc23)c(C)n1CCC(C)C. The molecule has 0 unspecified atom stereocenters. The number of rotatable bonds is 7. The second-order valence-corrected chi connectivity index (χ2v) is 7.94. The molecule has 7 nitrogen and oxygen atoms in total. The first-order valence-corrected chi connectivity index (χ1v) is 10.0. The maximum Gasteiger partial charge on any atom is 0.359 e. The van der Waals surface area contributed by atoms with Crippen LogP contribution in [0.4, 0.5) is 0 Å². The van der Waals surface area contributed by atoms with E-state index >= 15 is 0 Å². The third kappa shape index (κ3) is 4.20. The lowest BCUT2D eigenvalue weighted by atomic mass is 10.1. The summed E-state index contributed by atoms with van der Waals surface area (Å²) >= 11 is 0. The Morgan fingerprint density at radius 3 is 2.47 bits per heavy atom. The van der Waals surface area contributed by atoms with Crippen LogP contribution in [0.5, 0.6) is 0 Å². The molecule has 2 heterocycles. The maximum absolute atomic E-state index is 12.7. The highest BCUT2D eigenvalue weighted by Crippen LogP contribution is 2.19. The Morgan fingerprint density at radius 2 is 1.80 bits per heavy atom. The van der Waals surface area contributed by atoms with Crippen molar-refractivity contribution < 1.29 is 14.3 Å². The molecule has 1 aromatic carbocycles. The van der Waals surface area contributed by atoms with Gasteiger partial charge in [-0.3, -0.25) is 9.59 Å². The van der Waals surface area contributed by atoms with Crippen LogP contribution in [0, 0.1) is 19.8 Å². The average molecular weight is 409 g/mol. The normalized spacial score (nSPS) is 11.3. The van der Waals surface area contributed by atoms with E-state index in [-0.39, 0.29) is 23.6 Å². The fourth-order valence-electron chi connectivity index (χ4n) is 3.54. The molecular weight excluding hydrogens is 382 g/mol. The van der Waals surface area contributed by atoms with Crippen LogP contribution in [-0.2, 0) is 18.3 Å². The molecule has 0 aliphatic rings. The van der Waals surface area contributed by atoms with Gasteiger partial charge in [-0.15, -0.1) is 0 Å². The number of hydrogen-bond acceptors (Lipinski definition) is 5. The summed E-state index contributed by atoms with van der Waals surface area (Å²) in [5, 5.41) is 4.83. The largest absolute Gasteiger partial charge is 0.452 e.